The van der Waals surface area contributed by atoms with Crippen molar-refractivity contribution in [2.75, 3.05) is 59.2 Å². The zero-order chi connectivity index (χ0) is 24.0. The number of likely N-dealkylation sites (tertiary alicyclic amines) is 2. The minimum Gasteiger partial charge on any atom is -0.480 e. The summed E-state index contributed by atoms with van der Waals surface area (Å²) in [5, 5.41) is 3.12. The Morgan fingerprint density at radius 3 is 2.58 bits per heavy atom. The first-order valence-corrected chi connectivity index (χ1v) is 12.3. The molecule has 2 aliphatic heterocycles. The number of nitrogens with zero attached hydrogens (tertiary/aromatic N) is 4. The van der Waals surface area contributed by atoms with Gasteiger partial charge < -0.3 is 30.5 Å². The van der Waals surface area contributed by atoms with Crippen molar-refractivity contribution >= 4 is 33.7 Å². The molecule has 0 aromatic carbocycles. The van der Waals surface area contributed by atoms with Crippen molar-refractivity contribution in [1.29, 1.82) is 0 Å². The molecule has 3 N–H and O–H groups in total. The van der Waals surface area contributed by atoms with Crippen molar-refractivity contribution in [2.45, 2.75) is 31.7 Å². The lowest BCUT2D eigenvalue weighted by Gasteiger charge is -2.38. The van der Waals surface area contributed by atoms with Gasteiger partial charge in [-0.1, -0.05) is 6.08 Å². The second kappa shape index (κ2) is 11.7. The van der Waals surface area contributed by atoms with Gasteiger partial charge in [-0.3, -0.25) is 4.79 Å². The summed E-state index contributed by atoms with van der Waals surface area (Å²) in [4.78, 5) is 35.5. The Hall–Kier alpha value is -2.33. The third-order valence-corrected chi connectivity index (χ3v) is 7.10. The molecule has 33 heavy (non-hydrogen) atoms. The molecule has 3 heterocycles. The minimum absolute atomic E-state index is 0.0878. The van der Waals surface area contributed by atoms with E-state index in [4.69, 9.17) is 10.5 Å². The number of ether oxygens (including phenoxy) is 1. The molecular weight excluding hydrogens is 488 g/mol. The van der Waals surface area contributed by atoms with Crippen molar-refractivity contribution in [2.24, 2.45) is 5.92 Å². The van der Waals surface area contributed by atoms with E-state index in [1.54, 1.807) is 17.0 Å². The van der Waals surface area contributed by atoms with Gasteiger partial charge in [-0.25, -0.2) is 4.79 Å². The van der Waals surface area contributed by atoms with Crippen LogP contribution < -0.4 is 15.8 Å². The smallest absolute Gasteiger partial charge is 0.320 e. The van der Waals surface area contributed by atoms with E-state index in [1.165, 1.54) is 7.11 Å². The maximum Gasteiger partial charge on any atom is 0.320 e. The summed E-state index contributed by atoms with van der Waals surface area (Å²) in [6, 6.07) is 1.86. The second-order valence-corrected chi connectivity index (χ2v) is 9.70. The summed E-state index contributed by atoms with van der Waals surface area (Å²) in [5.74, 6) is 0.922. The van der Waals surface area contributed by atoms with Gasteiger partial charge in [-0.2, -0.15) is 4.98 Å². The Kier molecular flexibility index (Phi) is 8.96. The topological polar surface area (TPSA) is 104 Å². The third kappa shape index (κ3) is 6.60. The van der Waals surface area contributed by atoms with Gasteiger partial charge in [0.05, 0.1) is 11.6 Å². The van der Waals surface area contributed by atoms with Crippen LogP contribution in [0, 0.1) is 5.92 Å². The van der Waals surface area contributed by atoms with Crippen LogP contribution in [-0.4, -0.2) is 91.1 Å². The average molecular weight is 523 g/mol. The molecular formula is C23H35BrN6O3. The first-order chi connectivity index (χ1) is 15.8. The maximum absolute atomic E-state index is 12.8. The van der Waals surface area contributed by atoms with Gasteiger partial charge in [0, 0.05) is 52.4 Å². The summed E-state index contributed by atoms with van der Waals surface area (Å²) in [6.07, 6.45) is 5.62. The fourth-order valence-corrected chi connectivity index (χ4v) is 4.83. The number of halogens is 1. The predicted molar refractivity (Wildman–Crippen MR) is 132 cm³/mol. The Labute approximate surface area is 204 Å². The number of nitrogens with one attached hydrogen (secondary N) is 1. The molecule has 0 spiro atoms. The number of piperidine rings is 2. The normalized spacial score (nSPS) is 18.1. The molecule has 1 aromatic heterocycles. The molecule has 3 rings (SSSR count). The number of likely N-dealkylation sites (N-methyl/N-ethyl adjacent to an activating group) is 1. The number of nitrogen functional groups attached to an aromatic ring is 1. The number of amides is 3. The van der Waals surface area contributed by atoms with E-state index in [2.05, 4.69) is 37.7 Å². The highest BCUT2D eigenvalue weighted by atomic mass is 79.9. The Bertz CT molecular complexity index is 851. The number of rotatable bonds is 7. The number of urea groups is 1. The molecule has 2 fully saturated rings. The van der Waals surface area contributed by atoms with Gasteiger partial charge in [-0.15, -0.1) is 6.58 Å². The van der Waals surface area contributed by atoms with Crippen LogP contribution in [0.25, 0.3) is 0 Å². The molecule has 0 bridgehead atoms. The van der Waals surface area contributed by atoms with Crippen LogP contribution in [0.5, 0.6) is 5.88 Å². The zero-order valence-corrected chi connectivity index (χ0v) is 21.1. The van der Waals surface area contributed by atoms with Gasteiger partial charge in [0.2, 0.25) is 5.88 Å². The van der Waals surface area contributed by atoms with Crippen LogP contribution in [0.2, 0.25) is 0 Å². The summed E-state index contributed by atoms with van der Waals surface area (Å²) in [5.41, 5.74) is 6.17. The van der Waals surface area contributed by atoms with Gasteiger partial charge in [0.25, 0.3) is 5.91 Å². The molecule has 2 aliphatic rings. The summed E-state index contributed by atoms with van der Waals surface area (Å²) < 4.78 is 5.80. The van der Waals surface area contributed by atoms with E-state index in [1.807, 2.05) is 11.9 Å². The van der Waals surface area contributed by atoms with E-state index in [0.717, 1.165) is 58.4 Å². The van der Waals surface area contributed by atoms with Gasteiger partial charge in [0.15, 0.2) is 0 Å². The molecule has 1 aromatic rings. The largest absolute Gasteiger partial charge is 0.480 e. The monoisotopic (exact) mass is 522 g/mol. The van der Waals surface area contributed by atoms with Crippen LogP contribution in [0.15, 0.2) is 23.2 Å². The Morgan fingerprint density at radius 1 is 1.30 bits per heavy atom. The lowest BCUT2D eigenvalue weighted by Crippen LogP contribution is -2.48. The van der Waals surface area contributed by atoms with Crippen LogP contribution in [0.4, 0.5) is 10.6 Å². The Balaban J connectivity index is 1.42. The molecule has 9 nitrogen and oxygen atoms in total. The van der Waals surface area contributed by atoms with Crippen molar-refractivity contribution in [3.8, 4) is 5.88 Å². The highest BCUT2D eigenvalue weighted by molar-refractivity contribution is 9.10. The van der Waals surface area contributed by atoms with E-state index >= 15 is 0 Å². The van der Waals surface area contributed by atoms with Crippen LogP contribution >= 0.6 is 15.9 Å². The van der Waals surface area contributed by atoms with E-state index in [0.29, 0.717) is 22.5 Å². The fourth-order valence-electron chi connectivity index (χ4n) is 4.51. The van der Waals surface area contributed by atoms with Crippen LogP contribution in [-0.2, 0) is 0 Å². The average Bonchev–Trinajstić information content (AvgIpc) is 2.82. The quantitative estimate of drug-likeness (QED) is 0.533. The first kappa shape index (κ1) is 25.3. The molecule has 0 aliphatic carbocycles. The first-order valence-electron chi connectivity index (χ1n) is 11.5. The SMILES string of the molecule is C=CCN(C)C(=O)N1CCC(CN2CCC(NC(=O)c3cc(Br)c(N)nc3OC)CC2)CC1. The second-order valence-electron chi connectivity index (χ2n) is 8.84. The summed E-state index contributed by atoms with van der Waals surface area (Å²) in [6.45, 7) is 8.84. The van der Waals surface area contributed by atoms with Crippen molar-refractivity contribution in [3.05, 3.63) is 28.8 Å². The molecule has 0 atom stereocenters. The van der Waals surface area contributed by atoms with Gasteiger partial charge in [0.1, 0.15) is 11.4 Å². The number of aromatic nitrogens is 1. The predicted octanol–water partition coefficient (Wildman–Crippen LogP) is 2.58. The summed E-state index contributed by atoms with van der Waals surface area (Å²) >= 11 is 3.33. The van der Waals surface area contributed by atoms with Gasteiger partial charge >= 0.3 is 6.03 Å². The van der Waals surface area contributed by atoms with E-state index < -0.39 is 0 Å². The number of nitrogens with two attached hydrogens (primary N) is 1. The molecule has 2 saturated heterocycles. The van der Waals surface area contributed by atoms with Crippen LogP contribution in [0.3, 0.4) is 0 Å². The number of pyridine rings is 1. The lowest BCUT2D eigenvalue weighted by atomic mass is 9.94. The molecule has 0 radical (unpaired) electrons. The number of methoxy groups -OCH3 is 1. The van der Waals surface area contributed by atoms with Crippen molar-refractivity contribution in [1.82, 2.24) is 25.0 Å². The number of hydrogen-bond acceptors (Lipinski definition) is 6. The fraction of sp³-hybridized carbons (Fsp3) is 0.609. The van der Waals surface area contributed by atoms with Crippen molar-refractivity contribution in [3.63, 3.8) is 0 Å². The highest BCUT2D eigenvalue weighted by Crippen LogP contribution is 2.26. The molecule has 0 unspecified atom stereocenters. The summed E-state index contributed by atoms with van der Waals surface area (Å²) in [7, 11) is 3.29. The minimum atomic E-state index is -0.197. The lowest BCUT2D eigenvalue weighted by molar-refractivity contribution is 0.0886. The van der Waals surface area contributed by atoms with Crippen LogP contribution in [0.1, 0.15) is 36.0 Å². The maximum atomic E-state index is 12.8. The molecule has 0 saturated carbocycles. The molecule has 182 valence electrons. The zero-order valence-electron chi connectivity index (χ0n) is 19.6. The third-order valence-electron chi connectivity index (χ3n) is 6.46. The van der Waals surface area contributed by atoms with E-state index in [-0.39, 0.29) is 29.7 Å². The number of hydrogen-bond donors (Lipinski definition) is 2. The number of anilines is 1. The van der Waals surface area contributed by atoms with Crippen molar-refractivity contribution < 1.29 is 14.3 Å². The molecule has 10 heteroatoms. The number of carbonyl (C=O) groups excluding carboxylic acids is 2. The number of carbonyl (C=O) groups is 2. The van der Waals surface area contributed by atoms with E-state index in [9.17, 15) is 9.59 Å². The highest BCUT2D eigenvalue weighted by Gasteiger charge is 2.28. The standard InChI is InChI=1S/C23H35BrN6O3/c1-4-9-28(2)23(32)30-12-5-16(6-13-30)15-29-10-7-17(8-11-29)26-21(31)18-14-19(24)20(25)27-22(18)33-3/h4,14,16-17H,1,5-13,15H2,2-3H3,(H2,25,27)(H,26,31). The molecule has 3 amide bonds. The van der Waals surface area contributed by atoms with Gasteiger partial charge in [-0.05, 0) is 53.6 Å². The Morgan fingerprint density at radius 2 is 1.97 bits per heavy atom.